The Hall–Kier alpha value is -0.740. The summed E-state index contributed by atoms with van der Waals surface area (Å²) in [6.07, 6.45) is 0.682. The number of carbonyl (C=O) groups is 1. The second kappa shape index (κ2) is 4.66. The summed E-state index contributed by atoms with van der Waals surface area (Å²) in [5, 5.41) is 0.391. The van der Waals surface area contributed by atoms with Crippen LogP contribution in [0.3, 0.4) is 0 Å². The molecule has 76 valence electrons. The van der Waals surface area contributed by atoms with E-state index < -0.39 is 0 Å². The summed E-state index contributed by atoms with van der Waals surface area (Å²) in [6, 6.07) is 1.54. The number of aldehydes is 1. The van der Waals surface area contributed by atoms with Gasteiger partial charge < -0.3 is 9.47 Å². The number of rotatable bonds is 3. The molecule has 14 heavy (non-hydrogen) atoms. The topological polar surface area (TPSA) is 35.5 Å². The Kier molecular flexibility index (Phi) is 3.77. The van der Waals surface area contributed by atoms with E-state index in [4.69, 9.17) is 21.1 Å². The molecule has 1 rings (SSSR count). The summed E-state index contributed by atoms with van der Waals surface area (Å²) >= 11 is 9.11. The van der Waals surface area contributed by atoms with Crippen LogP contribution in [0.1, 0.15) is 10.4 Å². The monoisotopic (exact) mass is 278 g/mol. The maximum atomic E-state index is 10.8. The van der Waals surface area contributed by atoms with E-state index in [1.807, 2.05) is 0 Å². The zero-order valence-corrected chi connectivity index (χ0v) is 9.98. The van der Waals surface area contributed by atoms with Gasteiger partial charge in [0.25, 0.3) is 0 Å². The highest BCUT2D eigenvalue weighted by molar-refractivity contribution is 9.10. The van der Waals surface area contributed by atoms with Crippen LogP contribution in [0.25, 0.3) is 0 Å². The Balaban J connectivity index is 3.46. The van der Waals surface area contributed by atoms with Crippen molar-refractivity contribution in [3.63, 3.8) is 0 Å². The lowest BCUT2D eigenvalue weighted by atomic mass is 10.2. The van der Waals surface area contributed by atoms with Crippen molar-refractivity contribution in [1.29, 1.82) is 0 Å². The Bertz CT molecular complexity index is 366. The quantitative estimate of drug-likeness (QED) is 0.798. The number of benzene rings is 1. The van der Waals surface area contributed by atoms with Crippen LogP contribution in [-0.4, -0.2) is 20.5 Å². The van der Waals surface area contributed by atoms with Gasteiger partial charge in [0, 0.05) is 6.07 Å². The molecule has 3 nitrogen and oxygen atoms in total. The van der Waals surface area contributed by atoms with Crippen LogP contribution < -0.4 is 9.47 Å². The molecule has 0 heterocycles. The highest BCUT2D eigenvalue weighted by atomic mass is 79.9. The molecule has 5 heteroatoms. The standard InChI is InChI=1S/C9H8BrClO3/c1-13-7-3-6(11)9(14-2)8(10)5(7)4-12/h3-4H,1-2H3. The molecule has 0 saturated heterocycles. The van der Waals surface area contributed by atoms with Crippen LogP contribution in [-0.2, 0) is 0 Å². The molecule has 0 saturated carbocycles. The zero-order chi connectivity index (χ0) is 10.7. The average molecular weight is 280 g/mol. The predicted octanol–water partition coefficient (Wildman–Crippen LogP) is 2.93. The van der Waals surface area contributed by atoms with E-state index in [2.05, 4.69) is 15.9 Å². The van der Waals surface area contributed by atoms with Crippen molar-refractivity contribution in [1.82, 2.24) is 0 Å². The van der Waals surface area contributed by atoms with Crippen LogP contribution in [0.5, 0.6) is 11.5 Å². The SMILES string of the molecule is COc1cc(Cl)c(OC)c(Br)c1C=O. The molecule has 0 amide bonds. The number of methoxy groups -OCH3 is 2. The molecule has 0 fully saturated rings. The van der Waals surface area contributed by atoms with E-state index >= 15 is 0 Å². The average Bonchev–Trinajstić information content (AvgIpc) is 2.17. The first kappa shape index (κ1) is 11.3. The Labute approximate surface area is 95.1 Å². The van der Waals surface area contributed by atoms with Crippen LogP contribution in [0.4, 0.5) is 0 Å². The van der Waals surface area contributed by atoms with Crippen LogP contribution in [0.2, 0.25) is 5.02 Å². The summed E-state index contributed by atoms with van der Waals surface area (Å²) in [5.41, 5.74) is 0.383. The Morgan fingerprint density at radius 1 is 1.43 bits per heavy atom. The van der Waals surface area contributed by atoms with Crippen molar-refractivity contribution >= 4 is 33.8 Å². The summed E-state index contributed by atoms with van der Waals surface area (Å²) in [5.74, 6) is 0.840. The van der Waals surface area contributed by atoms with Crippen molar-refractivity contribution in [3.05, 3.63) is 21.1 Å². The minimum atomic E-state index is 0.383. The molecular formula is C9H8BrClO3. The minimum Gasteiger partial charge on any atom is -0.496 e. The lowest BCUT2D eigenvalue weighted by Crippen LogP contribution is -1.95. The molecule has 0 spiro atoms. The molecule has 0 unspecified atom stereocenters. The summed E-state index contributed by atoms with van der Waals surface area (Å²) in [7, 11) is 2.95. The fourth-order valence-electron chi connectivity index (χ4n) is 1.06. The van der Waals surface area contributed by atoms with Gasteiger partial charge in [-0.2, -0.15) is 0 Å². The van der Waals surface area contributed by atoms with Crippen molar-refractivity contribution in [2.75, 3.05) is 14.2 Å². The molecule has 0 N–H and O–H groups in total. The van der Waals surface area contributed by atoms with E-state index in [-0.39, 0.29) is 0 Å². The normalized spacial score (nSPS) is 9.71. The first-order chi connectivity index (χ1) is 6.65. The highest BCUT2D eigenvalue weighted by Crippen LogP contribution is 2.40. The number of halogens is 2. The minimum absolute atomic E-state index is 0.383. The summed E-state index contributed by atoms with van der Waals surface area (Å²) in [6.45, 7) is 0. The first-order valence-electron chi connectivity index (χ1n) is 3.70. The van der Waals surface area contributed by atoms with Gasteiger partial charge in [-0.25, -0.2) is 0 Å². The third kappa shape index (κ3) is 1.86. The van der Waals surface area contributed by atoms with Crippen molar-refractivity contribution in [2.45, 2.75) is 0 Å². The Morgan fingerprint density at radius 3 is 2.50 bits per heavy atom. The van der Waals surface area contributed by atoms with Gasteiger partial charge in [0.05, 0.1) is 29.3 Å². The molecule has 0 aliphatic heterocycles. The zero-order valence-electron chi connectivity index (χ0n) is 7.64. The first-order valence-corrected chi connectivity index (χ1v) is 4.88. The van der Waals surface area contributed by atoms with Crippen LogP contribution in [0.15, 0.2) is 10.5 Å². The predicted molar refractivity (Wildman–Crippen MR) is 57.6 cm³/mol. The number of hydrogen-bond donors (Lipinski definition) is 0. The fourth-order valence-corrected chi connectivity index (χ4v) is 2.11. The van der Waals surface area contributed by atoms with Gasteiger partial charge >= 0.3 is 0 Å². The van der Waals surface area contributed by atoms with Gasteiger partial charge in [0.1, 0.15) is 5.75 Å². The summed E-state index contributed by atoms with van der Waals surface area (Å²) in [4.78, 5) is 10.8. The van der Waals surface area contributed by atoms with Gasteiger partial charge in [0.15, 0.2) is 12.0 Å². The smallest absolute Gasteiger partial charge is 0.155 e. The maximum absolute atomic E-state index is 10.8. The van der Waals surface area contributed by atoms with Crippen molar-refractivity contribution in [2.24, 2.45) is 0 Å². The van der Waals surface area contributed by atoms with Gasteiger partial charge in [-0.3, -0.25) is 4.79 Å². The van der Waals surface area contributed by atoms with E-state index in [9.17, 15) is 4.79 Å². The number of carbonyl (C=O) groups excluding carboxylic acids is 1. The van der Waals surface area contributed by atoms with Gasteiger partial charge in [-0.05, 0) is 15.9 Å². The molecule has 1 aromatic rings. The highest BCUT2D eigenvalue weighted by Gasteiger charge is 2.15. The van der Waals surface area contributed by atoms with E-state index in [0.29, 0.717) is 32.8 Å². The number of hydrogen-bond acceptors (Lipinski definition) is 3. The van der Waals surface area contributed by atoms with E-state index in [1.54, 1.807) is 0 Å². The second-order valence-electron chi connectivity index (χ2n) is 2.44. The molecule has 0 aromatic heterocycles. The molecule has 0 aliphatic carbocycles. The lowest BCUT2D eigenvalue weighted by molar-refractivity contribution is 0.111. The van der Waals surface area contributed by atoms with Crippen molar-refractivity contribution < 1.29 is 14.3 Å². The maximum Gasteiger partial charge on any atom is 0.155 e. The molecule has 0 aliphatic rings. The lowest BCUT2D eigenvalue weighted by Gasteiger charge is -2.11. The van der Waals surface area contributed by atoms with E-state index in [0.717, 1.165) is 0 Å². The molecule has 0 atom stereocenters. The van der Waals surface area contributed by atoms with Gasteiger partial charge in [0.2, 0.25) is 0 Å². The molecule has 1 aromatic carbocycles. The second-order valence-corrected chi connectivity index (χ2v) is 3.64. The summed E-state index contributed by atoms with van der Waals surface area (Å²) < 4.78 is 10.5. The largest absolute Gasteiger partial charge is 0.496 e. The molecular weight excluding hydrogens is 271 g/mol. The fraction of sp³-hybridized carbons (Fsp3) is 0.222. The third-order valence-electron chi connectivity index (χ3n) is 1.72. The molecule has 0 radical (unpaired) electrons. The third-order valence-corrected chi connectivity index (χ3v) is 2.79. The van der Waals surface area contributed by atoms with E-state index in [1.165, 1.54) is 20.3 Å². The van der Waals surface area contributed by atoms with Gasteiger partial charge in [-0.15, -0.1) is 0 Å². The number of ether oxygens (including phenoxy) is 2. The van der Waals surface area contributed by atoms with Gasteiger partial charge in [-0.1, -0.05) is 11.6 Å². The van der Waals surface area contributed by atoms with Crippen LogP contribution in [0, 0.1) is 0 Å². The molecule has 0 bridgehead atoms. The van der Waals surface area contributed by atoms with Crippen LogP contribution >= 0.6 is 27.5 Å². The van der Waals surface area contributed by atoms with Crippen molar-refractivity contribution in [3.8, 4) is 11.5 Å². The Morgan fingerprint density at radius 2 is 2.07 bits per heavy atom.